The van der Waals surface area contributed by atoms with Crippen molar-refractivity contribution in [3.8, 4) is 5.75 Å². The van der Waals surface area contributed by atoms with Crippen LogP contribution in [0.2, 0.25) is 0 Å². The Labute approximate surface area is 156 Å². The first-order valence-corrected chi connectivity index (χ1v) is 9.63. The molecule has 0 bridgehead atoms. The van der Waals surface area contributed by atoms with E-state index in [0.717, 1.165) is 18.8 Å². The van der Waals surface area contributed by atoms with Gasteiger partial charge in [-0.1, -0.05) is 12.1 Å². The van der Waals surface area contributed by atoms with Crippen molar-refractivity contribution in [2.75, 3.05) is 46.5 Å². The van der Waals surface area contributed by atoms with Crippen LogP contribution in [-0.2, 0) is 9.53 Å². The molecule has 0 aromatic heterocycles. The third-order valence-electron chi connectivity index (χ3n) is 5.84. The number of ether oxygens (including phenoxy) is 2. The normalized spacial score (nSPS) is 21.3. The van der Waals surface area contributed by atoms with Gasteiger partial charge >= 0.3 is 0 Å². The SMILES string of the molecule is COc1cccc(C(CNC(=O)C2(CN)CCOCC2)N2CCCC2)c1. The van der Waals surface area contributed by atoms with Gasteiger partial charge in [0.25, 0.3) is 0 Å². The molecular weight excluding hydrogens is 330 g/mol. The molecule has 2 heterocycles. The van der Waals surface area contributed by atoms with E-state index in [0.29, 0.717) is 39.1 Å². The number of methoxy groups -OCH3 is 1. The zero-order valence-electron chi connectivity index (χ0n) is 15.7. The maximum absolute atomic E-state index is 12.9. The molecule has 2 fully saturated rings. The van der Waals surface area contributed by atoms with Gasteiger partial charge in [-0.05, 0) is 56.5 Å². The van der Waals surface area contributed by atoms with E-state index in [1.54, 1.807) is 7.11 Å². The van der Waals surface area contributed by atoms with E-state index in [-0.39, 0.29) is 11.9 Å². The third-order valence-corrected chi connectivity index (χ3v) is 5.84. The Hall–Kier alpha value is -1.63. The first-order chi connectivity index (χ1) is 12.7. The lowest BCUT2D eigenvalue weighted by atomic mass is 9.79. The van der Waals surface area contributed by atoms with Crippen molar-refractivity contribution in [2.45, 2.75) is 31.7 Å². The number of hydrogen-bond donors (Lipinski definition) is 2. The summed E-state index contributed by atoms with van der Waals surface area (Å²) in [5.41, 5.74) is 6.67. The Bertz CT molecular complexity index is 596. The molecule has 1 amide bonds. The number of nitrogens with one attached hydrogen (secondary N) is 1. The lowest BCUT2D eigenvalue weighted by Crippen LogP contribution is -2.50. The van der Waals surface area contributed by atoms with Crippen LogP contribution >= 0.6 is 0 Å². The van der Waals surface area contributed by atoms with Crippen LogP contribution in [0.1, 0.15) is 37.3 Å². The molecule has 0 saturated carbocycles. The minimum absolute atomic E-state index is 0.0652. The number of likely N-dealkylation sites (tertiary alicyclic amines) is 1. The highest BCUT2D eigenvalue weighted by Crippen LogP contribution is 2.31. The van der Waals surface area contributed by atoms with Gasteiger partial charge in [0.05, 0.1) is 18.6 Å². The predicted octanol–water partition coefficient (Wildman–Crippen LogP) is 1.70. The summed E-state index contributed by atoms with van der Waals surface area (Å²) in [6, 6.07) is 8.31. The van der Waals surface area contributed by atoms with Gasteiger partial charge in [0.2, 0.25) is 5.91 Å². The quantitative estimate of drug-likeness (QED) is 0.773. The Morgan fingerprint density at radius 3 is 2.73 bits per heavy atom. The molecule has 2 aliphatic heterocycles. The second-order valence-electron chi connectivity index (χ2n) is 7.34. The molecule has 3 rings (SSSR count). The summed E-state index contributed by atoms with van der Waals surface area (Å²) in [6.07, 6.45) is 3.81. The maximum atomic E-state index is 12.9. The molecule has 1 unspecified atom stereocenters. The van der Waals surface area contributed by atoms with Gasteiger partial charge in [-0.3, -0.25) is 9.69 Å². The summed E-state index contributed by atoms with van der Waals surface area (Å²) in [6.45, 7) is 4.30. The average molecular weight is 361 g/mol. The second-order valence-corrected chi connectivity index (χ2v) is 7.34. The van der Waals surface area contributed by atoms with Crippen molar-refractivity contribution in [3.63, 3.8) is 0 Å². The number of amides is 1. The highest BCUT2D eigenvalue weighted by molar-refractivity contribution is 5.83. The fourth-order valence-corrected chi connectivity index (χ4v) is 4.02. The summed E-state index contributed by atoms with van der Waals surface area (Å²) >= 11 is 0. The molecule has 144 valence electrons. The molecule has 6 heteroatoms. The van der Waals surface area contributed by atoms with E-state index in [9.17, 15) is 4.79 Å². The molecule has 26 heavy (non-hydrogen) atoms. The number of rotatable bonds is 7. The van der Waals surface area contributed by atoms with E-state index in [1.807, 2.05) is 12.1 Å². The molecule has 3 N–H and O–H groups in total. The molecule has 6 nitrogen and oxygen atoms in total. The molecule has 0 aliphatic carbocycles. The van der Waals surface area contributed by atoms with E-state index in [4.69, 9.17) is 15.2 Å². The van der Waals surface area contributed by atoms with Crippen molar-refractivity contribution >= 4 is 5.91 Å². The minimum atomic E-state index is -0.484. The maximum Gasteiger partial charge on any atom is 0.227 e. The van der Waals surface area contributed by atoms with E-state index >= 15 is 0 Å². The van der Waals surface area contributed by atoms with Crippen LogP contribution < -0.4 is 15.8 Å². The molecule has 0 radical (unpaired) electrons. The van der Waals surface area contributed by atoms with Crippen LogP contribution in [-0.4, -0.2) is 57.3 Å². The summed E-state index contributed by atoms with van der Waals surface area (Å²) in [4.78, 5) is 15.4. The number of carbonyl (C=O) groups is 1. The summed E-state index contributed by atoms with van der Waals surface area (Å²) in [7, 11) is 1.68. The van der Waals surface area contributed by atoms with Crippen molar-refractivity contribution in [3.05, 3.63) is 29.8 Å². The molecule has 1 aromatic carbocycles. The van der Waals surface area contributed by atoms with Crippen molar-refractivity contribution in [1.29, 1.82) is 0 Å². The Morgan fingerprint density at radius 2 is 2.08 bits per heavy atom. The predicted molar refractivity (Wildman–Crippen MR) is 101 cm³/mol. The lowest BCUT2D eigenvalue weighted by molar-refractivity contribution is -0.136. The van der Waals surface area contributed by atoms with Gasteiger partial charge in [-0.15, -0.1) is 0 Å². The molecule has 2 saturated heterocycles. The number of nitrogens with two attached hydrogens (primary N) is 1. The fraction of sp³-hybridized carbons (Fsp3) is 0.650. The van der Waals surface area contributed by atoms with Gasteiger partial charge in [-0.25, -0.2) is 0 Å². The lowest BCUT2D eigenvalue weighted by Gasteiger charge is -2.36. The smallest absolute Gasteiger partial charge is 0.227 e. The van der Waals surface area contributed by atoms with E-state index in [1.165, 1.54) is 18.4 Å². The standard InChI is InChI=1S/C20H31N3O3/c1-25-17-6-4-5-16(13-17)18(23-9-2-3-10-23)14-22-19(24)20(15-21)7-11-26-12-8-20/h4-6,13,18H,2-3,7-12,14-15,21H2,1H3,(H,22,24). The van der Waals surface area contributed by atoms with E-state index < -0.39 is 5.41 Å². The van der Waals surface area contributed by atoms with E-state index in [2.05, 4.69) is 22.3 Å². The third kappa shape index (κ3) is 4.19. The summed E-state index contributed by atoms with van der Waals surface area (Å²) in [5.74, 6) is 0.913. The number of benzene rings is 1. The Kier molecular flexibility index (Phi) is 6.51. The molecule has 0 spiro atoms. The highest BCUT2D eigenvalue weighted by Gasteiger charge is 2.39. The highest BCUT2D eigenvalue weighted by atomic mass is 16.5. The minimum Gasteiger partial charge on any atom is -0.497 e. The first kappa shape index (κ1) is 19.1. The van der Waals surface area contributed by atoms with Gasteiger partial charge < -0.3 is 20.5 Å². The van der Waals surface area contributed by atoms with Crippen LogP contribution in [0, 0.1) is 5.41 Å². The summed E-state index contributed by atoms with van der Waals surface area (Å²) < 4.78 is 10.8. The molecule has 2 aliphatic rings. The number of carbonyl (C=O) groups excluding carboxylic acids is 1. The van der Waals surface area contributed by atoms with Crippen LogP contribution in [0.4, 0.5) is 0 Å². The number of nitrogens with zero attached hydrogens (tertiary/aromatic N) is 1. The van der Waals surface area contributed by atoms with Crippen molar-refractivity contribution in [2.24, 2.45) is 11.1 Å². The van der Waals surface area contributed by atoms with Gasteiger partial charge in [0.1, 0.15) is 5.75 Å². The van der Waals surface area contributed by atoms with Crippen LogP contribution in [0.5, 0.6) is 5.75 Å². The van der Waals surface area contributed by atoms with Crippen LogP contribution in [0.15, 0.2) is 24.3 Å². The molecule has 1 aromatic rings. The van der Waals surface area contributed by atoms with Crippen molar-refractivity contribution in [1.82, 2.24) is 10.2 Å². The average Bonchev–Trinajstić information content (AvgIpc) is 3.23. The van der Waals surface area contributed by atoms with Crippen LogP contribution in [0.25, 0.3) is 0 Å². The largest absolute Gasteiger partial charge is 0.497 e. The van der Waals surface area contributed by atoms with Gasteiger partial charge in [-0.2, -0.15) is 0 Å². The zero-order chi connectivity index (χ0) is 18.4. The van der Waals surface area contributed by atoms with Crippen molar-refractivity contribution < 1.29 is 14.3 Å². The summed E-state index contributed by atoms with van der Waals surface area (Å²) in [5, 5.41) is 3.20. The van der Waals surface area contributed by atoms with Gasteiger partial charge in [0, 0.05) is 26.3 Å². The first-order valence-electron chi connectivity index (χ1n) is 9.63. The Morgan fingerprint density at radius 1 is 1.35 bits per heavy atom. The topological polar surface area (TPSA) is 76.8 Å². The van der Waals surface area contributed by atoms with Gasteiger partial charge in [0.15, 0.2) is 0 Å². The molecular formula is C20H31N3O3. The molecule has 1 atom stereocenters. The zero-order valence-corrected chi connectivity index (χ0v) is 15.7. The monoisotopic (exact) mass is 361 g/mol. The van der Waals surface area contributed by atoms with Crippen LogP contribution in [0.3, 0.4) is 0 Å². The number of hydrogen-bond acceptors (Lipinski definition) is 5. The fourth-order valence-electron chi connectivity index (χ4n) is 4.02. The second kappa shape index (κ2) is 8.84. The Balaban J connectivity index is 1.72.